The Kier molecular flexibility index (Phi) is 2.64. The Balaban J connectivity index is 2.35. The molecular weight excluding hydrogens is 184 g/mol. The summed E-state index contributed by atoms with van der Waals surface area (Å²) in [6.45, 7) is 3.88. The number of carbonyl (C=O) groups is 1. The van der Waals surface area contributed by atoms with Gasteiger partial charge in [0.05, 0.1) is 0 Å². The molecule has 0 spiro atoms. The summed E-state index contributed by atoms with van der Waals surface area (Å²) in [6, 6.07) is 8.52. The average molecular weight is 202 g/mol. The van der Waals surface area contributed by atoms with E-state index in [4.69, 9.17) is 0 Å². The fourth-order valence-corrected chi connectivity index (χ4v) is 2.65. The average Bonchev–Trinajstić information content (AvgIpc) is 2.28. The molecule has 15 heavy (non-hydrogen) atoms. The van der Waals surface area contributed by atoms with Crippen LogP contribution in [0.25, 0.3) is 0 Å². The van der Waals surface area contributed by atoms with E-state index in [0.717, 1.165) is 25.7 Å². The van der Waals surface area contributed by atoms with Crippen molar-refractivity contribution in [2.24, 2.45) is 5.41 Å². The monoisotopic (exact) mass is 202 g/mol. The third-order valence-corrected chi connectivity index (χ3v) is 3.94. The van der Waals surface area contributed by atoms with Gasteiger partial charge >= 0.3 is 0 Å². The topological polar surface area (TPSA) is 17.1 Å². The Morgan fingerprint density at radius 3 is 2.60 bits per heavy atom. The molecule has 0 saturated carbocycles. The van der Waals surface area contributed by atoms with Crippen LogP contribution >= 0.6 is 0 Å². The minimum absolute atomic E-state index is 0.0750. The van der Waals surface area contributed by atoms with Crippen LogP contribution in [-0.2, 0) is 17.6 Å². The van der Waals surface area contributed by atoms with Crippen LogP contribution in [0, 0.1) is 5.41 Å². The molecule has 0 saturated heterocycles. The van der Waals surface area contributed by atoms with Gasteiger partial charge in [-0.2, -0.15) is 0 Å². The second kappa shape index (κ2) is 3.80. The highest BCUT2D eigenvalue weighted by Crippen LogP contribution is 2.38. The molecule has 2 rings (SSSR count). The summed E-state index contributed by atoms with van der Waals surface area (Å²) in [5.41, 5.74) is 2.73. The maximum absolute atomic E-state index is 11.8. The lowest BCUT2D eigenvalue weighted by Crippen LogP contribution is -2.34. The number of Topliss-reactive ketones (excluding diaryl/α,β-unsaturated/α-hetero) is 1. The first-order valence-electron chi connectivity index (χ1n) is 5.76. The Labute approximate surface area is 91.5 Å². The van der Waals surface area contributed by atoms with Gasteiger partial charge in [0, 0.05) is 5.41 Å². The van der Waals surface area contributed by atoms with E-state index in [1.54, 1.807) is 6.92 Å². The highest BCUT2D eigenvalue weighted by molar-refractivity contribution is 5.83. The normalized spacial score (nSPS) is 24.7. The lowest BCUT2D eigenvalue weighted by Gasteiger charge is -2.35. The molecule has 0 heterocycles. The second-order valence-electron chi connectivity index (χ2n) is 4.64. The SMILES string of the molecule is CCC1(C(C)=O)CCc2ccccc2C1. The summed E-state index contributed by atoms with van der Waals surface area (Å²) in [5.74, 6) is 0.361. The third kappa shape index (κ3) is 1.71. The highest BCUT2D eigenvalue weighted by Gasteiger charge is 2.36. The molecule has 1 aliphatic carbocycles. The Morgan fingerprint density at radius 1 is 1.33 bits per heavy atom. The molecule has 0 aromatic heterocycles. The summed E-state index contributed by atoms with van der Waals surface area (Å²) in [4.78, 5) is 11.8. The first-order chi connectivity index (χ1) is 7.18. The van der Waals surface area contributed by atoms with Crippen LogP contribution in [0.1, 0.15) is 37.8 Å². The Morgan fingerprint density at radius 2 is 2.00 bits per heavy atom. The molecule has 0 N–H and O–H groups in total. The number of hydrogen-bond donors (Lipinski definition) is 0. The van der Waals surface area contributed by atoms with Gasteiger partial charge in [-0.15, -0.1) is 0 Å². The van der Waals surface area contributed by atoms with Crippen LogP contribution in [-0.4, -0.2) is 5.78 Å². The predicted molar refractivity (Wildman–Crippen MR) is 61.9 cm³/mol. The molecule has 1 aromatic carbocycles. The number of rotatable bonds is 2. The molecule has 1 unspecified atom stereocenters. The maximum Gasteiger partial charge on any atom is 0.136 e. The first-order valence-corrected chi connectivity index (χ1v) is 5.76. The lowest BCUT2D eigenvalue weighted by atomic mass is 9.68. The van der Waals surface area contributed by atoms with Crippen molar-refractivity contribution in [3.05, 3.63) is 35.4 Å². The highest BCUT2D eigenvalue weighted by atomic mass is 16.1. The van der Waals surface area contributed by atoms with Crippen LogP contribution in [0.15, 0.2) is 24.3 Å². The van der Waals surface area contributed by atoms with Crippen molar-refractivity contribution >= 4 is 5.78 Å². The van der Waals surface area contributed by atoms with Crippen molar-refractivity contribution < 1.29 is 4.79 Å². The van der Waals surface area contributed by atoms with Crippen molar-refractivity contribution in [2.45, 2.75) is 39.5 Å². The summed E-state index contributed by atoms with van der Waals surface area (Å²) in [6.07, 6.45) is 3.99. The van der Waals surface area contributed by atoms with Gasteiger partial charge in [0.1, 0.15) is 5.78 Å². The van der Waals surface area contributed by atoms with Crippen molar-refractivity contribution in [3.8, 4) is 0 Å². The van der Waals surface area contributed by atoms with E-state index < -0.39 is 0 Å². The van der Waals surface area contributed by atoms with E-state index in [0.29, 0.717) is 5.78 Å². The zero-order valence-electron chi connectivity index (χ0n) is 9.55. The van der Waals surface area contributed by atoms with Gasteiger partial charge in [-0.3, -0.25) is 4.79 Å². The molecule has 0 amide bonds. The van der Waals surface area contributed by atoms with Crippen LogP contribution in [0.3, 0.4) is 0 Å². The zero-order chi connectivity index (χ0) is 10.9. The molecule has 1 aromatic rings. The van der Waals surface area contributed by atoms with E-state index >= 15 is 0 Å². The first kappa shape index (κ1) is 10.4. The molecular formula is C14H18O. The molecule has 1 heteroatoms. The molecule has 1 nitrogen and oxygen atoms in total. The Bertz CT molecular complexity index is 381. The van der Waals surface area contributed by atoms with Gasteiger partial charge < -0.3 is 0 Å². The minimum Gasteiger partial charge on any atom is -0.299 e. The third-order valence-electron chi connectivity index (χ3n) is 3.94. The number of ketones is 1. The van der Waals surface area contributed by atoms with E-state index in [-0.39, 0.29) is 5.41 Å². The smallest absolute Gasteiger partial charge is 0.136 e. The number of fused-ring (bicyclic) bond motifs is 1. The fraction of sp³-hybridized carbons (Fsp3) is 0.500. The standard InChI is InChI=1S/C14H18O/c1-3-14(11(2)15)9-8-12-6-4-5-7-13(12)10-14/h4-7H,3,8-10H2,1-2H3. The van der Waals surface area contributed by atoms with Gasteiger partial charge in [0.25, 0.3) is 0 Å². The summed E-state index contributed by atoms with van der Waals surface area (Å²) >= 11 is 0. The number of aryl methyl sites for hydroxylation is 1. The van der Waals surface area contributed by atoms with Gasteiger partial charge in [0.2, 0.25) is 0 Å². The zero-order valence-corrected chi connectivity index (χ0v) is 9.55. The Hall–Kier alpha value is -1.11. The summed E-state index contributed by atoms with van der Waals surface area (Å²) in [7, 11) is 0. The van der Waals surface area contributed by atoms with Crippen LogP contribution in [0.5, 0.6) is 0 Å². The molecule has 0 bridgehead atoms. The van der Waals surface area contributed by atoms with Gasteiger partial charge in [-0.05, 0) is 43.7 Å². The number of carbonyl (C=O) groups excluding carboxylic acids is 1. The van der Waals surface area contributed by atoms with Crippen molar-refractivity contribution in [2.75, 3.05) is 0 Å². The predicted octanol–water partition coefficient (Wildman–Crippen LogP) is 3.16. The summed E-state index contributed by atoms with van der Waals surface area (Å²) < 4.78 is 0. The van der Waals surface area contributed by atoms with Crippen LogP contribution in [0.4, 0.5) is 0 Å². The molecule has 0 aliphatic heterocycles. The molecule has 0 radical (unpaired) electrons. The molecule has 1 aliphatic rings. The molecule has 1 atom stereocenters. The number of hydrogen-bond acceptors (Lipinski definition) is 1. The lowest BCUT2D eigenvalue weighted by molar-refractivity contribution is -0.127. The molecule has 0 fully saturated rings. The largest absolute Gasteiger partial charge is 0.299 e. The summed E-state index contributed by atoms with van der Waals surface area (Å²) in [5, 5.41) is 0. The van der Waals surface area contributed by atoms with E-state index in [1.165, 1.54) is 11.1 Å². The van der Waals surface area contributed by atoms with Crippen LogP contribution in [0.2, 0.25) is 0 Å². The van der Waals surface area contributed by atoms with Crippen molar-refractivity contribution in [1.29, 1.82) is 0 Å². The van der Waals surface area contributed by atoms with Gasteiger partial charge in [-0.25, -0.2) is 0 Å². The second-order valence-corrected chi connectivity index (χ2v) is 4.64. The fourth-order valence-electron chi connectivity index (χ4n) is 2.65. The van der Waals surface area contributed by atoms with E-state index in [1.807, 2.05) is 0 Å². The molecule has 80 valence electrons. The van der Waals surface area contributed by atoms with Crippen molar-refractivity contribution in [3.63, 3.8) is 0 Å². The quantitative estimate of drug-likeness (QED) is 0.720. The number of benzene rings is 1. The van der Waals surface area contributed by atoms with Gasteiger partial charge in [-0.1, -0.05) is 31.2 Å². The van der Waals surface area contributed by atoms with Crippen LogP contribution < -0.4 is 0 Å². The minimum atomic E-state index is -0.0750. The van der Waals surface area contributed by atoms with E-state index in [2.05, 4.69) is 31.2 Å². The van der Waals surface area contributed by atoms with Crippen molar-refractivity contribution in [1.82, 2.24) is 0 Å². The van der Waals surface area contributed by atoms with E-state index in [9.17, 15) is 4.79 Å². The van der Waals surface area contributed by atoms with Gasteiger partial charge in [0.15, 0.2) is 0 Å². The maximum atomic E-state index is 11.8.